The van der Waals surface area contributed by atoms with Crippen molar-refractivity contribution in [2.45, 2.75) is 4.90 Å². The van der Waals surface area contributed by atoms with Crippen LogP contribution in [0.15, 0.2) is 41.3 Å². The molecule has 0 aliphatic carbocycles. The van der Waals surface area contributed by atoms with Gasteiger partial charge in [0.15, 0.2) is 9.84 Å². The largest absolute Gasteiger partial charge is 0.368 e. The number of nitrogen functional groups attached to an aromatic ring is 2. The van der Waals surface area contributed by atoms with Crippen LogP contribution < -0.4 is 11.5 Å². The van der Waals surface area contributed by atoms with Crippen LogP contribution in [-0.2, 0) is 9.84 Å². The molecule has 2 aromatic carbocycles. The Hall–Kier alpha value is -2.65. The highest BCUT2D eigenvalue weighted by atomic mass is 35.5. The van der Waals surface area contributed by atoms with Crippen LogP contribution in [0.3, 0.4) is 0 Å². The molecule has 4 N–H and O–H groups in total. The summed E-state index contributed by atoms with van der Waals surface area (Å²) in [7, 11) is -3.50. The highest BCUT2D eigenvalue weighted by Crippen LogP contribution is 2.33. The fourth-order valence-corrected chi connectivity index (χ4v) is 3.24. The first kappa shape index (κ1) is 17.2. The zero-order valence-electron chi connectivity index (χ0n) is 12.9. The zero-order chi connectivity index (χ0) is 18.4. The van der Waals surface area contributed by atoms with Crippen molar-refractivity contribution in [1.82, 2.24) is 14.8 Å². The van der Waals surface area contributed by atoms with E-state index in [4.69, 9.17) is 23.1 Å². The Labute approximate surface area is 148 Å². The van der Waals surface area contributed by atoms with Gasteiger partial charge in [-0.3, -0.25) is 0 Å². The standard InChI is InChI=1S/C15H13ClFN5O2S/c1-25(23,24)9-3-5-11(13(17)7-9)10-4-2-8(6-12(10)16)22-15(19)20-14(18)21-22/h2-7H,1H3,(H4,18,19,20,21). The number of sulfone groups is 1. The van der Waals surface area contributed by atoms with Gasteiger partial charge >= 0.3 is 0 Å². The molecule has 0 fully saturated rings. The fraction of sp³-hybridized carbons (Fsp3) is 0.0667. The molecular weight excluding hydrogens is 369 g/mol. The average Bonchev–Trinajstić information content (AvgIpc) is 2.85. The van der Waals surface area contributed by atoms with Crippen LogP contribution in [0.25, 0.3) is 16.8 Å². The van der Waals surface area contributed by atoms with Crippen molar-refractivity contribution in [1.29, 1.82) is 0 Å². The van der Waals surface area contributed by atoms with E-state index in [0.29, 0.717) is 11.3 Å². The van der Waals surface area contributed by atoms with E-state index in [1.54, 1.807) is 12.1 Å². The van der Waals surface area contributed by atoms with Gasteiger partial charge in [-0.2, -0.15) is 9.67 Å². The Morgan fingerprint density at radius 3 is 2.32 bits per heavy atom. The summed E-state index contributed by atoms with van der Waals surface area (Å²) < 4.78 is 38.7. The third kappa shape index (κ3) is 3.28. The van der Waals surface area contributed by atoms with Gasteiger partial charge in [0.2, 0.25) is 11.9 Å². The minimum Gasteiger partial charge on any atom is -0.368 e. The molecular formula is C15H13ClFN5O2S. The lowest BCUT2D eigenvalue weighted by molar-refractivity contribution is 0.596. The van der Waals surface area contributed by atoms with E-state index in [2.05, 4.69) is 10.1 Å². The maximum atomic E-state index is 14.3. The lowest BCUT2D eigenvalue weighted by Crippen LogP contribution is -2.03. The van der Waals surface area contributed by atoms with Gasteiger partial charge in [0.05, 0.1) is 15.6 Å². The van der Waals surface area contributed by atoms with E-state index in [1.165, 1.54) is 22.9 Å². The van der Waals surface area contributed by atoms with Crippen molar-refractivity contribution < 1.29 is 12.8 Å². The summed E-state index contributed by atoms with van der Waals surface area (Å²) in [5.74, 6) is -0.591. The molecule has 0 amide bonds. The Kier molecular flexibility index (Phi) is 4.13. The predicted octanol–water partition coefficient (Wildman–Crippen LogP) is 2.29. The second-order valence-electron chi connectivity index (χ2n) is 5.32. The van der Waals surface area contributed by atoms with E-state index in [-0.39, 0.29) is 27.4 Å². The second-order valence-corrected chi connectivity index (χ2v) is 7.74. The molecule has 0 bridgehead atoms. The van der Waals surface area contributed by atoms with Gasteiger partial charge in [0.25, 0.3) is 0 Å². The third-order valence-corrected chi connectivity index (χ3v) is 4.93. The van der Waals surface area contributed by atoms with Crippen LogP contribution in [-0.4, -0.2) is 29.4 Å². The minimum atomic E-state index is -3.50. The van der Waals surface area contributed by atoms with Crippen LogP contribution in [0.1, 0.15) is 0 Å². The summed E-state index contributed by atoms with van der Waals surface area (Å²) in [5.41, 5.74) is 12.3. The van der Waals surface area contributed by atoms with E-state index in [1.807, 2.05) is 0 Å². The molecule has 10 heteroatoms. The number of rotatable bonds is 3. The Morgan fingerprint density at radius 1 is 1.12 bits per heavy atom. The SMILES string of the molecule is CS(=O)(=O)c1ccc(-c2ccc(-n3nc(N)nc3N)cc2Cl)c(F)c1. The number of hydrogen-bond donors (Lipinski definition) is 2. The smallest absolute Gasteiger partial charge is 0.241 e. The number of halogens is 2. The highest BCUT2D eigenvalue weighted by molar-refractivity contribution is 7.90. The first-order chi connectivity index (χ1) is 11.7. The van der Waals surface area contributed by atoms with Crippen LogP contribution in [0, 0.1) is 5.82 Å². The molecule has 0 atom stereocenters. The van der Waals surface area contributed by atoms with Crippen LogP contribution in [0.4, 0.5) is 16.3 Å². The van der Waals surface area contributed by atoms with Crippen LogP contribution in [0.2, 0.25) is 5.02 Å². The molecule has 0 aliphatic rings. The van der Waals surface area contributed by atoms with Crippen LogP contribution in [0.5, 0.6) is 0 Å². The molecule has 0 radical (unpaired) electrons. The number of aromatic nitrogens is 3. The first-order valence-electron chi connectivity index (χ1n) is 6.95. The van der Waals surface area contributed by atoms with E-state index in [9.17, 15) is 12.8 Å². The fourth-order valence-electron chi connectivity index (χ4n) is 2.33. The molecule has 1 heterocycles. The normalized spacial score (nSPS) is 11.6. The topological polar surface area (TPSA) is 117 Å². The molecule has 130 valence electrons. The molecule has 7 nitrogen and oxygen atoms in total. The van der Waals surface area contributed by atoms with Gasteiger partial charge in [-0.15, -0.1) is 5.10 Å². The maximum absolute atomic E-state index is 14.3. The van der Waals surface area contributed by atoms with Gasteiger partial charge in [0.1, 0.15) is 5.82 Å². The predicted molar refractivity (Wildman–Crippen MR) is 93.7 cm³/mol. The number of hydrogen-bond acceptors (Lipinski definition) is 6. The molecule has 0 saturated carbocycles. The maximum Gasteiger partial charge on any atom is 0.241 e. The Balaban J connectivity index is 2.06. The summed E-state index contributed by atoms with van der Waals surface area (Å²) in [6.45, 7) is 0. The summed E-state index contributed by atoms with van der Waals surface area (Å²) in [4.78, 5) is 3.69. The lowest BCUT2D eigenvalue weighted by atomic mass is 10.0. The minimum absolute atomic E-state index is 0.0140. The second kappa shape index (κ2) is 6.01. The van der Waals surface area contributed by atoms with E-state index >= 15 is 0 Å². The van der Waals surface area contributed by atoms with Gasteiger partial charge in [-0.05, 0) is 24.3 Å². The molecule has 0 unspecified atom stereocenters. The Bertz CT molecular complexity index is 1080. The first-order valence-corrected chi connectivity index (χ1v) is 9.21. The number of nitrogens with zero attached hydrogens (tertiary/aromatic N) is 3. The van der Waals surface area contributed by atoms with Crippen molar-refractivity contribution in [3.05, 3.63) is 47.2 Å². The number of anilines is 2. The highest BCUT2D eigenvalue weighted by Gasteiger charge is 2.15. The summed E-state index contributed by atoms with van der Waals surface area (Å²) in [5, 5.41) is 4.17. The van der Waals surface area contributed by atoms with Gasteiger partial charge in [0, 0.05) is 17.4 Å². The molecule has 3 aromatic rings. The summed E-state index contributed by atoms with van der Waals surface area (Å²) in [6.07, 6.45) is 1.01. The van der Waals surface area contributed by atoms with Gasteiger partial charge in [-0.25, -0.2) is 12.8 Å². The van der Waals surface area contributed by atoms with Crippen molar-refractivity contribution in [3.8, 4) is 16.8 Å². The monoisotopic (exact) mass is 381 g/mol. The number of benzene rings is 2. The lowest BCUT2D eigenvalue weighted by Gasteiger charge is -2.10. The zero-order valence-corrected chi connectivity index (χ0v) is 14.5. The molecule has 0 spiro atoms. The summed E-state index contributed by atoms with van der Waals surface area (Å²) >= 11 is 6.26. The number of nitrogens with two attached hydrogens (primary N) is 2. The van der Waals surface area contributed by atoms with E-state index < -0.39 is 15.7 Å². The quantitative estimate of drug-likeness (QED) is 0.718. The van der Waals surface area contributed by atoms with Crippen molar-refractivity contribution >= 4 is 33.3 Å². The summed E-state index contributed by atoms with van der Waals surface area (Å²) in [6, 6.07) is 8.39. The Morgan fingerprint density at radius 2 is 1.80 bits per heavy atom. The van der Waals surface area contributed by atoms with Crippen LogP contribution >= 0.6 is 11.6 Å². The third-order valence-electron chi connectivity index (χ3n) is 3.50. The van der Waals surface area contributed by atoms with E-state index in [0.717, 1.165) is 12.3 Å². The molecule has 0 saturated heterocycles. The average molecular weight is 382 g/mol. The molecule has 0 aliphatic heterocycles. The van der Waals surface area contributed by atoms with Crippen molar-refractivity contribution in [3.63, 3.8) is 0 Å². The molecule has 3 rings (SSSR count). The van der Waals surface area contributed by atoms with Gasteiger partial charge < -0.3 is 11.5 Å². The van der Waals surface area contributed by atoms with Crippen molar-refractivity contribution in [2.24, 2.45) is 0 Å². The molecule has 1 aromatic heterocycles. The van der Waals surface area contributed by atoms with Gasteiger partial charge in [-0.1, -0.05) is 23.7 Å². The molecule has 25 heavy (non-hydrogen) atoms. The van der Waals surface area contributed by atoms with Crippen molar-refractivity contribution in [2.75, 3.05) is 17.7 Å².